The molecule has 1 aromatic carbocycles. The van der Waals surface area contributed by atoms with Crippen molar-refractivity contribution in [2.24, 2.45) is 17.6 Å². The average molecular weight is 248 g/mol. The normalized spacial score (nSPS) is 14.3. The molecule has 3 nitrogen and oxygen atoms in total. The standard InChI is InChI=1S/C15H24N2O/c1-10(2)14(9-16)15(18)17-12(4)13-7-5-6-11(3)8-13/h5-8,10,12,14H,9,16H2,1-4H3,(H,17,18)/t12-,14?/m1/s1. The van der Waals surface area contributed by atoms with Gasteiger partial charge in [-0.1, -0.05) is 43.7 Å². The minimum absolute atomic E-state index is 0.0187. The molecule has 0 aliphatic rings. The van der Waals surface area contributed by atoms with Crippen molar-refractivity contribution in [3.63, 3.8) is 0 Å². The monoisotopic (exact) mass is 248 g/mol. The number of aryl methyl sites for hydroxylation is 1. The van der Waals surface area contributed by atoms with E-state index in [0.29, 0.717) is 6.54 Å². The second-order valence-corrected chi connectivity index (χ2v) is 5.23. The Morgan fingerprint density at radius 3 is 2.50 bits per heavy atom. The maximum Gasteiger partial charge on any atom is 0.225 e. The van der Waals surface area contributed by atoms with Gasteiger partial charge in [0.2, 0.25) is 5.91 Å². The third-order valence-electron chi connectivity index (χ3n) is 3.30. The highest BCUT2D eigenvalue weighted by atomic mass is 16.2. The second kappa shape index (κ2) is 6.55. The predicted octanol–water partition coefficient (Wildman–Crippen LogP) is 2.40. The minimum atomic E-state index is -0.114. The van der Waals surface area contributed by atoms with E-state index in [1.165, 1.54) is 5.56 Å². The molecule has 0 heterocycles. The van der Waals surface area contributed by atoms with E-state index in [1.807, 2.05) is 32.9 Å². The van der Waals surface area contributed by atoms with E-state index in [4.69, 9.17) is 5.73 Å². The fourth-order valence-corrected chi connectivity index (χ4v) is 2.03. The summed E-state index contributed by atoms with van der Waals surface area (Å²) in [5, 5.41) is 3.04. The maximum atomic E-state index is 12.1. The largest absolute Gasteiger partial charge is 0.349 e. The number of hydrogen-bond acceptors (Lipinski definition) is 2. The zero-order chi connectivity index (χ0) is 13.7. The number of amides is 1. The molecule has 0 aliphatic heterocycles. The lowest BCUT2D eigenvalue weighted by molar-refractivity contribution is -0.126. The number of benzene rings is 1. The Kier molecular flexibility index (Phi) is 5.35. The summed E-state index contributed by atoms with van der Waals surface area (Å²) in [6.45, 7) is 8.49. The topological polar surface area (TPSA) is 55.1 Å². The van der Waals surface area contributed by atoms with Gasteiger partial charge in [0.25, 0.3) is 0 Å². The zero-order valence-corrected chi connectivity index (χ0v) is 11.7. The first-order chi connectivity index (χ1) is 8.45. The zero-order valence-electron chi connectivity index (χ0n) is 11.7. The molecular weight excluding hydrogens is 224 g/mol. The van der Waals surface area contributed by atoms with Gasteiger partial charge in [0.05, 0.1) is 12.0 Å². The lowest BCUT2D eigenvalue weighted by Gasteiger charge is -2.22. The molecule has 1 unspecified atom stereocenters. The number of rotatable bonds is 5. The number of carbonyl (C=O) groups is 1. The summed E-state index contributed by atoms with van der Waals surface area (Å²) in [6, 6.07) is 8.21. The molecule has 0 radical (unpaired) electrons. The summed E-state index contributed by atoms with van der Waals surface area (Å²) in [4.78, 5) is 12.1. The molecule has 2 atom stereocenters. The fourth-order valence-electron chi connectivity index (χ4n) is 2.03. The molecule has 1 amide bonds. The van der Waals surface area contributed by atoms with Gasteiger partial charge >= 0.3 is 0 Å². The number of nitrogens with two attached hydrogens (primary N) is 1. The fraction of sp³-hybridized carbons (Fsp3) is 0.533. The van der Waals surface area contributed by atoms with Crippen LogP contribution in [0.15, 0.2) is 24.3 Å². The predicted molar refractivity (Wildman–Crippen MR) is 75.1 cm³/mol. The van der Waals surface area contributed by atoms with E-state index >= 15 is 0 Å². The molecular formula is C15H24N2O. The number of carbonyl (C=O) groups excluding carboxylic acids is 1. The summed E-state index contributed by atoms with van der Waals surface area (Å²) < 4.78 is 0. The number of nitrogens with one attached hydrogen (secondary N) is 1. The van der Waals surface area contributed by atoms with Crippen LogP contribution in [0, 0.1) is 18.8 Å². The molecule has 18 heavy (non-hydrogen) atoms. The van der Waals surface area contributed by atoms with Crippen LogP contribution in [-0.2, 0) is 4.79 Å². The summed E-state index contributed by atoms with van der Waals surface area (Å²) >= 11 is 0. The van der Waals surface area contributed by atoms with Gasteiger partial charge in [-0.25, -0.2) is 0 Å². The maximum absolute atomic E-state index is 12.1. The molecule has 100 valence electrons. The molecule has 0 aromatic heterocycles. The van der Waals surface area contributed by atoms with Crippen molar-refractivity contribution in [3.8, 4) is 0 Å². The molecule has 0 aliphatic carbocycles. The summed E-state index contributed by atoms with van der Waals surface area (Å²) in [5.41, 5.74) is 7.98. The average Bonchev–Trinajstić information content (AvgIpc) is 2.29. The Morgan fingerprint density at radius 2 is 2.00 bits per heavy atom. The van der Waals surface area contributed by atoms with Crippen LogP contribution in [0.2, 0.25) is 0 Å². The first-order valence-corrected chi connectivity index (χ1v) is 6.52. The van der Waals surface area contributed by atoms with Crippen LogP contribution in [0.3, 0.4) is 0 Å². The van der Waals surface area contributed by atoms with Crippen LogP contribution in [-0.4, -0.2) is 12.5 Å². The Morgan fingerprint density at radius 1 is 1.33 bits per heavy atom. The van der Waals surface area contributed by atoms with E-state index in [-0.39, 0.29) is 23.8 Å². The van der Waals surface area contributed by atoms with Crippen molar-refractivity contribution in [3.05, 3.63) is 35.4 Å². The van der Waals surface area contributed by atoms with Gasteiger partial charge in [0.1, 0.15) is 0 Å². The molecule has 0 fully saturated rings. The first-order valence-electron chi connectivity index (χ1n) is 6.52. The highest BCUT2D eigenvalue weighted by Gasteiger charge is 2.22. The van der Waals surface area contributed by atoms with E-state index in [2.05, 4.69) is 24.4 Å². The van der Waals surface area contributed by atoms with Crippen molar-refractivity contribution in [1.29, 1.82) is 0 Å². The van der Waals surface area contributed by atoms with E-state index in [0.717, 1.165) is 5.56 Å². The lowest BCUT2D eigenvalue weighted by atomic mass is 9.94. The molecule has 1 aromatic rings. The molecule has 3 N–H and O–H groups in total. The van der Waals surface area contributed by atoms with Gasteiger partial charge in [-0.15, -0.1) is 0 Å². The van der Waals surface area contributed by atoms with Gasteiger partial charge in [-0.2, -0.15) is 0 Å². The van der Waals surface area contributed by atoms with Crippen LogP contribution < -0.4 is 11.1 Å². The molecule has 0 spiro atoms. The van der Waals surface area contributed by atoms with Crippen molar-refractivity contribution in [2.45, 2.75) is 33.7 Å². The highest BCUT2D eigenvalue weighted by Crippen LogP contribution is 2.16. The molecule has 0 saturated carbocycles. The van der Waals surface area contributed by atoms with Crippen molar-refractivity contribution in [2.75, 3.05) is 6.54 Å². The van der Waals surface area contributed by atoms with Gasteiger partial charge in [0.15, 0.2) is 0 Å². The van der Waals surface area contributed by atoms with E-state index < -0.39 is 0 Å². The van der Waals surface area contributed by atoms with Gasteiger partial charge in [-0.3, -0.25) is 4.79 Å². The summed E-state index contributed by atoms with van der Waals surface area (Å²) in [7, 11) is 0. The van der Waals surface area contributed by atoms with Crippen LogP contribution in [0.25, 0.3) is 0 Å². The molecule has 1 rings (SSSR count). The first kappa shape index (κ1) is 14.7. The Balaban J connectivity index is 2.70. The molecule has 0 saturated heterocycles. The van der Waals surface area contributed by atoms with Crippen molar-refractivity contribution >= 4 is 5.91 Å². The third-order valence-corrected chi connectivity index (χ3v) is 3.30. The quantitative estimate of drug-likeness (QED) is 0.840. The highest BCUT2D eigenvalue weighted by molar-refractivity contribution is 5.79. The van der Waals surface area contributed by atoms with E-state index in [1.54, 1.807) is 0 Å². The lowest BCUT2D eigenvalue weighted by Crippen LogP contribution is -2.39. The Labute approximate surface area is 110 Å². The van der Waals surface area contributed by atoms with Crippen LogP contribution >= 0.6 is 0 Å². The van der Waals surface area contributed by atoms with Gasteiger partial charge in [-0.05, 0) is 25.3 Å². The second-order valence-electron chi connectivity index (χ2n) is 5.23. The molecule has 0 bridgehead atoms. The van der Waals surface area contributed by atoms with Crippen LogP contribution in [0.5, 0.6) is 0 Å². The third kappa shape index (κ3) is 3.84. The van der Waals surface area contributed by atoms with Crippen LogP contribution in [0.1, 0.15) is 37.9 Å². The molecule has 3 heteroatoms. The number of hydrogen-bond donors (Lipinski definition) is 2. The summed E-state index contributed by atoms with van der Waals surface area (Å²) in [5.74, 6) is 0.193. The summed E-state index contributed by atoms with van der Waals surface area (Å²) in [6.07, 6.45) is 0. The smallest absolute Gasteiger partial charge is 0.225 e. The SMILES string of the molecule is Cc1cccc([C@@H](C)NC(=O)C(CN)C(C)C)c1. The minimum Gasteiger partial charge on any atom is -0.349 e. The van der Waals surface area contributed by atoms with Gasteiger partial charge < -0.3 is 11.1 Å². The van der Waals surface area contributed by atoms with Crippen LogP contribution in [0.4, 0.5) is 0 Å². The van der Waals surface area contributed by atoms with Gasteiger partial charge in [0, 0.05) is 6.54 Å². The Bertz CT molecular complexity index is 401. The van der Waals surface area contributed by atoms with E-state index in [9.17, 15) is 4.79 Å². The van der Waals surface area contributed by atoms with Crippen molar-refractivity contribution < 1.29 is 4.79 Å². The Hall–Kier alpha value is -1.35. The van der Waals surface area contributed by atoms with Crippen molar-refractivity contribution in [1.82, 2.24) is 5.32 Å².